The lowest BCUT2D eigenvalue weighted by molar-refractivity contribution is 0.124. The van der Waals surface area contributed by atoms with Gasteiger partial charge in [-0.1, -0.05) is 57.4 Å². The van der Waals surface area contributed by atoms with Crippen LogP contribution in [0, 0.1) is 0 Å². The van der Waals surface area contributed by atoms with Crippen molar-refractivity contribution in [3.05, 3.63) is 41.6 Å². The van der Waals surface area contributed by atoms with Crippen molar-refractivity contribution in [3.63, 3.8) is 0 Å². The predicted molar refractivity (Wildman–Crippen MR) is 110 cm³/mol. The Morgan fingerprint density at radius 1 is 1.12 bits per heavy atom. The summed E-state index contributed by atoms with van der Waals surface area (Å²) in [6.07, 6.45) is 12.4. The monoisotopic (exact) mass is 338 g/mol. The van der Waals surface area contributed by atoms with Crippen molar-refractivity contribution in [1.82, 2.24) is 9.88 Å². The molecule has 0 aliphatic heterocycles. The van der Waals surface area contributed by atoms with E-state index < -0.39 is 0 Å². The third kappa shape index (κ3) is 3.55. The maximum atomic E-state index is 3.74. The standard InChI is InChI=1S/C23H34N2/c1-5-7-15-23(25(3)4)16-13-18(14-17-23)22-20(10-6-2)19-11-8-9-12-21(19)24-22/h8-9,11-13,24H,5-7,10,14-17H2,1-4H3. The number of hydrogen-bond donors (Lipinski definition) is 1. The lowest BCUT2D eigenvalue weighted by Gasteiger charge is -2.42. The highest BCUT2D eigenvalue weighted by atomic mass is 15.1. The fraction of sp³-hybridized carbons (Fsp3) is 0.565. The van der Waals surface area contributed by atoms with E-state index in [1.54, 1.807) is 0 Å². The van der Waals surface area contributed by atoms with Crippen LogP contribution in [-0.2, 0) is 6.42 Å². The van der Waals surface area contributed by atoms with E-state index in [0.29, 0.717) is 5.54 Å². The van der Waals surface area contributed by atoms with Gasteiger partial charge in [-0.3, -0.25) is 0 Å². The minimum Gasteiger partial charge on any atom is -0.355 e. The number of aryl methyl sites for hydroxylation is 1. The summed E-state index contributed by atoms with van der Waals surface area (Å²) in [5.74, 6) is 0. The Balaban J connectivity index is 1.93. The first-order valence-corrected chi connectivity index (χ1v) is 10.1. The highest BCUT2D eigenvalue weighted by molar-refractivity contribution is 5.89. The summed E-state index contributed by atoms with van der Waals surface area (Å²) < 4.78 is 0. The van der Waals surface area contributed by atoms with Gasteiger partial charge in [0, 0.05) is 22.1 Å². The number of hydrogen-bond acceptors (Lipinski definition) is 1. The molecule has 1 aliphatic carbocycles. The summed E-state index contributed by atoms with van der Waals surface area (Å²) in [6.45, 7) is 4.58. The number of nitrogens with one attached hydrogen (secondary N) is 1. The summed E-state index contributed by atoms with van der Waals surface area (Å²) in [6, 6.07) is 8.79. The summed E-state index contributed by atoms with van der Waals surface area (Å²) >= 11 is 0. The van der Waals surface area contributed by atoms with Gasteiger partial charge in [-0.15, -0.1) is 0 Å². The molecule has 1 unspecified atom stereocenters. The zero-order valence-corrected chi connectivity index (χ0v) is 16.5. The maximum Gasteiger partial charge on any atom is 0.0461 e. The molecular formula is C23H34N2. The van der Waals surface area contributed by atoms with Crippen LogP contribution in [0.2, 0.25) is 0 Å². The van der Waals surface area contributed by atoms with Gasteiger partial charge in [0.2, 0.25) is 0 Å². The zero-order valence-electron chi connectivity index (χ0n) is 16.5. The Bertz CT molecular complexity index is 738. The number of aromatic amines is 1. The second-order valence-electron chi connectivity index (χ2n) is 7.93. The SMILES string of the molecule is CCCCC1(N(C)C)CC=C(c2[nH]c3ccccc3c2CCC)CC1. The number of rotatable bonds is 7. The number of fused-ring (bicyclic) bond motifs is 1. The molecule has 25 heavy (non-hydrogen) atoms. The smallest absolute Gasteiger partial charge is 0.0461 e. The predicted octanol–water partition coefficient (Wildman–Crippen LogP) is 6.18. The van der Waals surface area contributed by atoms with Gasteiger partial charge in [-0.05, 0) is 63.4 Å². The van der Waals surface area contributed by atoms with E-state index in [4.69, 9.17) is 0 Å². The lowest BCUT2D eigenvalue weighted by Crippen LogP contribution is -2.45. The molecule has 1 aromatic heterocycles. The Kier molecular flexibility index (Phi) is 5.68. The zero-order chi connectivity index (χ0) is 17.9. The number of benzene rings is 1. The van der Waals surface area contributed by atoms with Crippen LogP contribution in [0.15, 0.2) is 30.3 Å². The molecule has 1 heterocycles. The number of unbranched alkanes of at least 4 members (excludes halogenated alkanes) is 1. The third-order valence-electron chi connectivity index (χ3n) is 6.17. The van der Waals surface area contributed by atoms with Crippen molar-refractivity contribution >= 4 is 16.5 Å². The van der Waals surface area contributed by atoms with Gasteiger partial charge in [0.15, 0.2) is 0 Å². The topological polar surface area (TPSA) is 19.0 Å². The van der Waals surface area contributed by atoms with Crippen molar-refractivity contribution in [3.8, 4) is 0 Å². The van der Waals surface area contributed by atoms with E-state index in [0.717, 1.165) is 6.42 Å². The molecule has 1 aromatic carbocycles. The van der Waals surface area contributed by atoms with E-state index in [9.17, 15) is 0 Å². The summed E-state index contributed by atoms with van der Waals surface area (Å²) in [7, 11) is 4.53. The molecule has 0 saturated heterocycles. The van der Waals surface area contributed by atoms with Crippen LogP contribution in [0.1, 0.15) is 70.1 Å². The summed E-state index contributed by atoms with van der Waals surface area (Å²) in [5, 5.41) is 1.41. The minimum absolute atomic E-state index is 0.358. The largest absolute Gasteiger partial charge is 0.355 e. The van der Waals surface area contributed by atoms with Crippen molar-refractivity contribution in [1.29, 1.82) is 0 Å². The van der Waals surface area contributed by atoms with E-state index in [-0.39, 0.29) is 0 Å². The van der Waals surface area contributed by atoms with Crippen molar-refractivity contribution in [2.24, 2.45) is 0 Å². The first-order valence-electron chi connectivity index (χ1n) is 10.1. The van der Waals surface area contributed by atoms with Crippen molar-refractivity contribution < 1.29 is 0 Å². The number of nitrogens with zero attached hydrogens (tertiary/aromatic N) is 1. The minimum atomic E-state index is 0.358. The maximum absolute atomic E-state index is 3.74. The Morgan fingerprint density at radius 2 is 1.92 bits per heavy atom. The summed E-state index contributed by atoms with van der Waals surface area (Å²) in [4.78, 5) is 6.22. The highest BCUT2D eigenvalue weighted by Crippen LogP contribution is 2.40. The molecule has 0 fully saturated rings. The molecule has 136 valence electrons. The molecule has 0 bridgehead atoms. The van der Waals surface area contributed by atoms with Gasteiger partial charge < -0.3 is 9.88 Å². The van der Waals surface area contributed by atoms with Gasteiger partial charge in [0.25, 0.3) is 0 Å². The molecule has 0 radical (unpaired) electrons. The van der Waals surface area contributed by atoms with Crippen LogP contribution < -0.4 is 0 Å². The number of para-hydroxylation sites is 1. The molecule has 0 saturated carbocycles. The molecule has 2 nitrogen and oxygen atoms in total. The van der Waals surface area contributed by atoms with Crippen LogP contribution in [0.3, 0.4) is 0 Å². The van der Waals surface area contributed by atoms with Crippen LogP contribution in [0.5, 0.6) is 0 Å². The molecule has 0 amide bonds. The molecule has 1 atom stereocenters. The number of aromatic nitrogens is 1. The first kappa shape index (κ1) is 18.3. The highest BCUT2D eigenvalue weighted by Gasteiger charge is 2.34. The molecule has 1 N–H and O–H groups in total. The van der Waals surface area contributed by atoms with Gasteiger partial charge in [-0.2, -0.15) is 0 Å². The number of allylic oxidation sites excluding steroid dienone is 1. The van der Waals surface area contributed by atoms with Crippen LogP contribution in [0.4, 0.5) is 0 Å². The van der Waals surface area contributed by atoms with E-state index in [1.807, 2.05) is 0 Å². The first-order chi connectivity index (χ1) is 12.1. The average molecular weight is 339 g/mol. The van der Waals surface area contributed by atoms with Crippen LogP contribution in [0.25, 0.3) is 16.5 Å². The van der Waals surface area contributed by atoms with Gasteiger partial charge in [0.05, 0.1) is 0 Å². The van der Waals surface area contributed by atoms with Gasteiger partial charge in [-0.25, -0.2) is 0 Å². The van der Waals surface area contributed by atoms with Crippen LogP contribution in [-0.4, -0.2) is 29.5 Å². The fourth-order valence-electron chi connectivity index (χ4n) is 4.46. The number of H-pyrrole nitrogens is 1. The third-order valence-corrected chi connectivity index (χ3v) is 6.17. The molecule has 2 heteroatoms. The Hall–Kier alpha value is -1.54. The summed E-state index contributed by atoms with van der Waals surface area (Å²) in [5.41, 5.74) is 6.11. The second-order valence-corrected chi connectivity index (χ2v) is 7.93. The molecule has 2 aromatic rings. The van der Waals surface area contributed by atoms with Gasteiger partial charge in [0.1, 0.15) is 0 Å². The second kappa shape index (κ2) is 7.78. The average Bonchev–Trinajstić information content (AvgIpc) is 2.99. The quantitative estimate of drug-likeness (QED) is 0.639. The van der Waals surface area contributed by atoms with Crippen molar-refractivity contribution in [2.45, 2.75) is 70.8 Å². The normalized spacial score (nSPS) is 21.1. The molecular weight excluding hydrogens is 304 g/mol. The fourth-order valence-corrected chi connectivity index (χ4v) is 4.46. The van der Waals surface area contributed by atoms with E-state index >= 15 is 0 Å². The van der Waals surface area contributed by atoms with E-state index in [2.05, 4.69) is 68.2 Å². The molecule has 0 spiro atoms. The van der Waals surface area contributed by atoms with E-state index in [1.165, 1.54) is 72.7 Å². The van der Waals surface area contributed by atoms with Gasteiger partial charge >= 0.3 is 0 Å². The van der Waals surface area contributed by atoms with Crippen LogP contribution >= 0.6 is 0 Å². The Morgan fingerprint density at radius 3 is 2.56 bits per heavy atom. The molecule has 1 aliphatic rings. The Labute approximate surface area is 153 Å². The van der Waals surface area contributed by atoms with Crippen molar-refractivity contribution in [2.75, 3.05) is 14.1 Å². The lowest BCUT2D eigenvalue weighted by atomic mass is 9.77. The molecule has 3 rings (SSSR count).